The van der Waals surface area contributed by atoms with Gasteiger partial charge in [0.15, 0.2) is 0 Å². The zero-order valence-electron chi connectivity index (χ0n) is 10.4. The van der Waals surface area contributed by atoms with Crippen LogP contribution < -0.4 is 10.4 Å². The Kier molecular flexibility index (Phi) is 3.62. The standard InChI is InChI=1S/C16H20P/c1-2-4-8-13(9-5-3-1)16-15-11-7-6-10-14(15)12-17-16/h6-7,10-13H,1-5,8-9H2. The molecule has 1 fully saturated rings. The van der Waals surface area contributed by atoms with Gasteiger partial charge in [0, 0.05) is 0 Å². The summed E-state index contributed by atoms with van der Waals surface area (Å²) in [4.78, 5) is 0. The Hall–Kier alpha value is -0.610. The van der Waals surface area contributed by atoms with Crippen LogP contribution in [-0.2, 0) is 0 Å². The van der Waals surface area contributed by atoms with E-state index in [2.05, 4.69) is 30.1 Å². The van der Waals surface area contributed by atoms with E-state index in [1.165, 1.54) is 58.7 Å². The van der Waals surface area contributed by atoms with E-state index in [-0.39, 0.29) is 0 Å². The topological polar surface area (TPSA) is 0 Å². The largest absolute Gasteiger partial charge is 0.0616 e. The van der Waals surface area contributed by atoms with Crippen molar-refractivity contribution in [1.82, 2.24) is 0 Å². The summed E-state index contributed by atoms with van der Waals surface area (Å²) in [5.74, 6) is 3.25. The highest BCUT2D eigenvalue weighted by Gasteiger charge is 2.18. The Morgan fingerprint density at radius 3 is 2.41 bits per heavy atom. The van der Waals surface area contributed by atoms with Gasteiger partial charge in [-0.3, -0.25) is 0 Å². The van der Waals surface area contributed by atoms with Crippen LogP contribution in [0, 0.1) is 5.92 Å². The van der Waals surface area contributed by atoms with E-state index in [4.69, 9.17) is 0 Å². The van der Waals surface area contributed by atoms with Gasteiger partial charge in [0.1, 0.15) is 0 Å². The van der Waals surface area contributed by atoms with Crippen molar-refractivity contribution in [3.63, 3.8) is 0 Å². The molecule has 1 aromatic carbocycles. The minimum Gasteiger partial charge on any atom is -0.0616 e. The van der Waals surface area contributed by atoms with Gasteiger partial charge in [-0.1, -0.05) is 56.4 Å². The molecular weight excluding hydrogens is 223 g/mol. The van der Waals surface area contributed by atoms with Crippen LogP contribution in [0.2, 0.25) is 0 Å². The van der Waals surface area contributed by atoms with Crippen LogP contribution in [-0.4, -0.2) is 0 Å². The second kappa shape index (κ2) is 5.36. The van der Waals surface area contributed by atoms with E-state index in [0.717, 1.165) is 5.92 Å². The maximum atomic E-state index is 2.39. The lowest BCUT2D eigenvalue weighted by atomic mass is 9.90. The van der Waals surface area contributed by atoms with Crippen LogP contribution in [0.25, 0.3) is 11.1 Å². The number of benzene rings is 1. The highest BCUT2D eigenvalue weighted by molar-refractivity contribution is 7.58. The first-order valence-corrected chi connectivity index (χ1v) is 7.92. The minimum atomic E-state index is 0.858. The average Bonchev–Trinajstić information content (AvgIpc) is 2.73. The van der Waals surface area contributed by atoms with Crippen molar-refractivity contribution in [3.8, 4) is 0 Å². The first kappa shape index (κ1) is 11.5. The van der Waals surface area contributed by atoms with Gasteiger partial charge in [0.25, 0.3) is 0 Å². The molecule has 0 saturated heterocycles. The van der Waals surface area contributed by atoms with E-state index in [9.17, 15) is 0 Å². The molecule has 3 rings (SSSR count). The first-order valence-electron chi connectivity index (χ1n) is 6.95. The molecule has 0 amide bonds. The van der Waals surface area contributed by atoms with Crippen LogP contribution in [0.5, 0.6) is 0 Å². The van der Waals surface area contributed by atoms with Gasteiger partial charge in [0.2, 0.25) is 0 Å². The Morgan fingerprint density at radius 1 is 0.882 bits per heavy atom. The Bertz CT molecular complexity index is 493. The van der Waals surface area contributed by atoms with Crippen LogP contribution in [0.4, 0.5) is 0 Å². The predicted octanol–water partition coefficient (Wildman–Crippen LogP) is 3.85. The molecule has 0 atom stereocenters. The minimum absolute atomic E-state index is 0.858. The third-order valence-corrected chi connectivity index (χ3v) is 5.36. The van der Waals surface area contributed by atoms with Gasteiger partial charge < -0.3 is 0 Å². The maximum Gasteiger partial charge on any atom is -0.0137 e. The van der Waals surface area contributed by atoms with E-state index in [0.29, 0.717) is 0 Å². The zero-order valence-corrected chi connectivity index (χ0v) is 11.3. The molecule has 1 aliphatic heterocycles. The van der Waals surface area contributed by atoms with E-state index in [1.807, 2.05) is 0 Å². The molecule has 89 valence electrons. The summed E-state index contributed by atoms with van der Waals surface area (Å²) < 4.78 is 0. The lowest BCUT2D eigenvalue weighted by Crippen LogP contribution is -2.24. The summed E-state index contributed by atoms with van der Waals surface area (Å²) in [6.45, 7) is 0. The molecule has 1 aromatic rings. The van der Waals surface area contributed by atoms with Crippen LogP contribution in [0.15, 0.2) is 24.3 Å². The number of hydrogen-bond donors (Lipinski definition) is 0. The lowest BCUT2D eigenvalue weighted by Gasteiger charge is -2.20. The van der Waals surface area contributed by atoms with Crippen LogP contribution in [0.1, 0.15) is 44.9 Å². The number of hydrogen-bond acceptors (Lipinski definition) is 0. The fraction of sp³-hybridized carbons (Fsp3) is 0.500. The van der Waals surface area contributed by atoms with E-state index < -0.39 is 0 Å². The van der Waals surface area contributed by atoms with E-state index in [1.54, 1.807) is 10.5 Å². The Labute approximate surface area is 106 Å². The molecule has 0 bridgehead atoms. The quantitative estimate of drug-likeness (QED) is 0.657. The highest BCUT2D eigenvalue weighted by atomic mass is 31.1. The van der Waals surface area contributed by atoms with E-state index >= 15 is 0 Å². The van der Waals surface area contributed by atoms with Gasteiger partial charge in [-0.05, 0) is 48.9 Å². The monoisotopic (exact) mass is 243 g/mol. The highest BCUT2D eigenvalue weighted by Crippen LogP contribution is 2.40. The molecular formula is C16H20P. The van der Waals surface area contributed by atoms with Crippen LogP contribution >= 0.6 is 8.58 Å². The lowest BCUT2D eigenvalue weighted by molar-refractivity contribution is 0.447. The van der Waals surface area contributed by atoms with Gasteiger partial charge in [-0.25, -0.2) is 0 Å². The molecule has 0 unspecified atom stereocenters. The average molecular weight is 243 g/mol. The van der Waals surface area contributed by atoms with Crippen molar-refractivity contribution in [1.29, 1.82) is 0 Å². The third kappa shape index (κ3) is 2.47. The summed E-state index contributed by atoms with van der Waals surface area (Å²) >= 11 is 0. The van der Waals surface area contributed by atoms with Crippen molar-refractivity contribution in [2.75, 3.05) is 0 Å². The fourth-order valence-corrected chi connectivity index (χ4v) is 4.42. The molecule has 0 spiro atoms. The second-order valence-corrected chi connectivity index (χ2v) is 6.27. The third-order valence-electron chi connectivity index (χ3n) is 4.07. The molecule has 0 nitrogen and oxygen atoms in total. The molecule has 1 radical (unpaired) electrons. The van der Waals surface area contributed by atoms with Crippen molar-refractivity contribution >= 4 is 19.7 Å². The van der Waals surface area contributed by atoms with Crippen LogP contribution in [0.3, 0.4) is 0 Å². The van der Waals surface area contributed by atoms with Gasteiger partial charge >= 0.3 is 0 Å². The molecule has 1 heteroatoms. The summed E-state index contributed by atoms with van der Waals surface area (Å²) in [5.41, 5.74) is 0. The Morgan fingerprint density at radius 2 is 1.59 bits per heavy atom. The summed E-state index contributed by atoms with van der Waals surface area (Å²) in [7, 11) is 1.47. The van der Waals surface area contributed by atoms with Crippen molar-refractivity contribution in [2.24, 2.45) is 5.92 Å². The predicted molar refractivity (Wildman–Crippen MR) is 76.3 cm³/mol. The van der Waals surface area contributed by atoms with Crippen molar-refractivity contribution in [2.45, 2.75) is 44.9 Å². The summed E-state index contributed by atoms with van der Waals surface area (Å²) in [6, 6.07) is 8.93. The van der Waals surface area contributed by atoms with Gasteiger partial charge in [0.05, 0.1) is 0 Å². The van der Waals surface area contributed by atoms with Gasteiger partial charge in [-0.15, -0.1) is 0 Å². The normalized spacial score (nSPS) is 22.9. The molecule has 1 heterocycles. The molecule has 1 aliphatic carbocycles. The molecule has 0 N–H and O–H groups in total. The number of rotatable bonds is 1. The van der Waals surface area contributed by atoms with Gasteiger partial charge in [-0.2, -0.15) is 0 Å². The smallest absolute Gasteiger partial charge is 0.0137 e. The van der Waals surface area contributed by atoms with Crippen molar-refractivity contribution in [3.05, 3.63) is 34.7 Å². The maximum absolute atomic E-state index is 2.39. The molecule has 17 heavy (non-hydrogen) atoms. The number of fused-ring (bicyclic) bond motifs is 1. The summed E-state index contributed by atoms with van der Waals surface area (Å²) in [5, 5.41) is 4.72. The molecule has 1 saturated carbocycles. The second-order valence-electron chi connectivity index (χ2n) is 5.27. The SMILES string of the molecule is C1=c2ccccc2=C(C2CCCCCCC2)[P]1. The summed E-state index contributed by atoms with van der Waals surface area (Å²) in [6.07, 6.45) is 10.1. The molecule has 2 aliphatic rings. The molecule has 0 aromatic heterocycles. The zero-order chi connectivity index (χ0) is 11.5. The first-order chi connectivity index (χ1) is 8.45. The Balaban J connectivity index is 1.92. The van der Waals surface area contributed by atoms with Crippen molar-refractivity contribution < 1.29 is 0 Å². The fourth-order valence-electron chi connectivity index (χ4n) is 3.11.